The number of aryl methyl sites for hydroxylation is 1. The van der Waals surface area contributed by atoms with Gasteiger partial charge in [0.25, 0.3) is 0 Å². The van der Waals surface area contributed by atoms with Crippen LogP contribution < -0.4 is 10.2 Å². The van der Waals surface area contributed by atoms with E-state index in [-0.39, 0.29) is 6.03 Å². The lowest BCUT2D eigenvalue weighted by Crippen LogP contribution is -2.52. The minimum atomic E-state index is 0.0641. The monoisotopic (exact) mass is 346 g/mol. The third-order valence-electron chi connectivity index (χ3n) is 5.08. The van der Waals surface area contributed by atoms with Gasteiger partial charge in [-0.05, 0) is 24.1 Å². The zero-order chi connectivity index (χ0) is 17.5. The molecule has 2 amide bonds. The summed E-state index contributed by atoms with van der Waals surface area (Å²) in [5.41, 5.74) is 2.62. The molecule has 138 valence electrons. The van der Waals surface area contributed by atoms with Crippen molar-refractivity contribution < 1.29 is 9.53 Å². The Morgan fingerprint density at radius 1 is 1.04 bits per heavy atom. The van der Waals surface area contributed by atoms with E-state index in [4.69, 9.17) is 4.74 Å². The van der Waals surface area contributed by atoms with Gasteiger partial charge in [-0.2, -0.15) is 0 Å². The first-order chi connectivity index (χ1) is 12.3. The number of carbonyl (C=O) groups excluding carboxylic acids is 1. The predicted octanol–water partition coefficient (Wildman–Crippen LogP) is 1.41. The molecule has 1 aromatic carbocycles. The van der Waals surface area contributed by atoms with Crippen LogP contribution >= 0.6 is 0 Å². The molecule has 0 bridgehead atoms. The van der Waals surface area contributed by atoms with Gasteiger partial charge in [0, 0.05) is 58.0 Å². The molecule has 0 aromatic heterocycles. The van der Waals surface area contributed by atoms with Crippen LogP contribution in [0.15, 0.2) is 24.3 Å². The van der Waals surface area contributed by atoms with Crippen LogP contribution in [0.1, 0.15) is 12.5 Å². The zero-order valence-corrected chi connectivity index (χ0v) is 15.2. The van der Waals surface area contributed by atoms with Gasteiger partial charge in [0.15, 0.2) is 0 Å². The maximum absolute atomic E-state index is 12.3. The second-order valence-corrected chi connectivity index (χ2v) is 6.68. The number of amides is 2. The average molecular weight is 346 g/mol. The number of urea groups is 1. The first kappa shape index (κ1) is 18.0. The van der Waals surface area contributed by atoms with Crippen molar-refractivity contribution in [2.45, 2.75) is 13.3 Å². The van der Waals surface area contributed by atoms with Crippen LogP contribution in [-0.4, -0.2) is 81.4 Å². The van der Waals surface area contributed by atoms with Gasteiger partial charge in [-0.15, -0.1) is 0 Å². The largest absolute Gasteiger partial charge is 0.379 e. The van der Waals surface area contributed by atoms with Gasteiger partial charge in [0.1, 0.15) is 0 Å². The van der Waals surface area contributed by atoms with Gasteiger partial charge in [-0.1, -0.05) is 19.1 Å². The molecule has 0 unspecified atom stereocenters. The third kappa shape index (κ3) is 5.09. The molecule has 3 rings (SSSR count). The van der Waals surface area contributed by atoms with E-state index in [0.29, 0.717) is 6.54 Å². The fourth-order valence-electron chi connectivity index (χ4n) is 3.37. The number of carbonyl (C=O) groups is 1. The molecule has 6 heteroatoms. The van der Waals surface area contributed by atoms with Gasteiger partial charge in [-0.25, -0.2) is 4.79 Å². The van der Waals surface area contributed by atoms with E-state index < -0.39 is 0 Å². The topological polar surface area (TPSA) is 48.0 Å². The Bertz CT molecular complexity index is 535. The van der Waals surface area contributed by atoms with Crippen LogP contribution in [0.5, 0.6) is 0 Å². The zero-order valence-electron chi connectivity index (χ0n) is 15.2. The molecule has 1 N–H and O–H groups in total. The smallest absolute Gasteiger partial charge is 0.317 e. The summed E-state index contributed by atoms with van der Waals surface area (Å²) < 4.78 is 5.34. The van der Waals surface area contributed by atoms with E-state index in [2.05, 4.69) is 46.3 Å². The summed E-state index contributed by atoms with van der Waals surface area (Å²) in [5.74, 6) is 0. The number of nitrogens with one attached hydrogen (secondary N) is 1. The Hall–Kier alpha value is -1.79. The molecule has 2 heterocycles. The number of hydrogen-bond donors (Lipinski definition) is 1. The van der Waals surface area contributed by atoms with Crippen LogP contribution in [0.2, 0.25) is 0 Å². The van der Waals surface area contributed by atoms with Crippen LogP contribution in [0.3, 0.4) is 0 Å². The highest BCUT2D eigenvalue weighted by Gasteiger charge is 2.21. The number of nitrogens with zero attached hydrogens (tertiary/aromatic N) is 3. The molecule has 0 spiro atoms. The summed E-state index contributed by atoms with van der Waals surface area (Å²) in [7, 11) is 0. The van der Waals surface area contributed by atoms with Crippen molar-refractivity contribution in [3.63, 3.8) is 0 Å². The van der Waals surface area contributed by atoms with E-state index in [1.165, 1.54) is 11.3 Å². The SMILES string of the molecule is CCc1ccc(N2CCN(C(=O)NCCN3CCOCC3)CC2)cc1. The number of ether oxygens (including phenoxy) is 1. The summed E-state index contributed by atoms with van der Waals surface area (Å²) in [4.78, 5) is 18.9. The van der Waals surface area contributed by atoms with Crippen molar-refractivity contribution in [2.24, 2.45) is 0 Å². The Morgan fingerprint density at radius 3 is 2.36 bits per heavy atom. The van der Waals surface area contributed by atoms with E-state index in [1.54, 1.807) is 0 Å². The Balaban J connectivity index is 1.38. The van der Waals surface area contributed by atoms with Crippen LogP contribution in [0, 0.1) is 0 Å². The van der Waals surface area contributed by atoms with Gasteiger partial charge in [0.2, 0.25) is 0 Å². The van der Waals surface area contributed by atoms with Gasteiger partial charge < -0.3 is 19.9 Å². The lowest BCUT2D eigenvalue weighted by molar-refractivity contribution is 0.0386. The molecule has 2 aliphatic heterocycles. The normalized spacial score (nSPS) is 19.1. The van der Waals surface area contributed by atoms with Crippen molar-refractivity contribution in [3.8, 4) is 0 Å². The van der Waals surface area contributed by atoms with Crippen molar-refractivity contribution in [1.82, 2.24) is 15.1 Å². The third-order valence-corrected chi connectivity index (χ3v) is 5.08. The second kappa shape index (κ2) is 9.06. The highest BCUT2D eigenvalue weighted by Crippen LogP contribution is 2.17. The van der Waals surface area contributed by atoms with Crippen molar-refractivity contribution in [1.29, 1.82) is 0 Å². The molecule has 1 aromatic rings. The molecule has 0 aliphatic carbocycles. The Labute approximate surface area is 150 Å². The molecule has 2 saturated heterocycles. The lowest BCUT2D eigenvalue weighted by atomic mass is 10.1. The van der Waals surface area contributed by atoms with Gasteiger partial charge in [0.05, 0.1) is 13.2 Å². The Kier molecular flexibility index (Phi) is 6.53. The molecule has 0 atom stereocenters. The summed E-state index contributed by atoms with van der Waals surface area (Å²) in [5, 5.41) is 3.06. The quantitative estimate of drug-likeness (QED) is 0.876. The molecular weight excluding hydrogens is 316 g/mol. The second-order valence-electron chi connectivity index (χ2n) is 6.68. The van der Waals surface area contributed by atoms with Crippen molar-refractivity contribution >= 4 is 11.7 Å². The number of piperazine rings is 1. The van der Waals surface area contributed by atoms with Gasteiger partial charge >= 0.3 is 6.03 Å². The first-order valence-corrected chi connectivity index (χ1v) is 9.43. The van der Waals surface area contributed by atoms with Gasteiger partial charge in [-0.3, -0.25) is 4.90 Å². The fourth-order valence-corrected chi connectivity index (χ4v) is 3.37. The average Bonchev–Trinajstić information content (AvgIpc) is 2.69. The van der Waals surface area contributed by atoms with E-state index >= 15 is 0 Å². The van der Waals surface area contributed by atoms with E-state index in [1.807, 2.05) is 4.90 Å². The first-order valence-electron chi connectivity index (χ1n) is 9.43. The molecule has 25 heavy (non-hydrogen) atoms. The molecule has 0 saturated carbocycles. The molecule has 0 radical (unpaired) electrons. The number of morpholine rings is 1. The summed E-state index contributed by atoms with van der Waals surface area (Å²) in [6.07, 6.45) is 1.07. The predicted molar refractivity (Wildman–Crippen MR) is 100 cm³/mol. The minimum Gasteiger partial charge on any atom is -0.379 e. The maximum Gasteiger partial charge on any atom is 0.317 e. The summed E-state index contributed by atoms with van der Waals surface area (Å²) >= 11 is 0. The standard InChI is InChI=1S/C19H30N4O2/c1-2-17-3-5-18(6-4-17)22-9-11-23(12-10-22)19(24)20-7-8-21-13-15-25-16-14-21/h3-6H,2,7-16H2,1H3,(H,20,24). The molecule has 2 aliphatic rings. The molecule has 2 fully saturated rings. The number of benzene rings is 1. The number of anilines is 1. The molecular formula is C19H30N4O2. The van der Waals surface area contributed by atoms with Crippen LogP contribution in [-0.2, 0) is 11.2 Å². The van der Waals surface area contributed by atoms with Crippen LogP contribution in [0.4, 0.5) is 10.5 Å². The summed E-state index contributed by atoms with van der Waals surface area (Å²) in [6.45, 7) is 10.6. The van der Waals surface area contributed by atoms with Crippen molar-refractivity contribution in [3.05, 3.63) is 29.8 Å². The lowest BCUT2D eigenvalue weighted by Gasteiger charge is -2.36. The molecule has 6 nitrogen and oxygen atoms in total. The highest BCUT2D eigenvalue weighted by atomic mass is 16.5. The fraction of sp³-hybridized carbons (Fsp3) is 0.632. The number of hydrogen-bond acceptors (Lipinski definition) is 4. The maximum atomic E-state index is 12.3. The highest BCUT2D eigenvalue weighted by molar-refractivity contribution is 5.74. The van der Waals surface area contributed by atoms with Crippen molar-refractivity contribution in [2.75, 3.05) is 70.5 Å². The summed E-state index contributed by atoms with van der Waals surface area (Å²) in [6, 6.07) is 8.84. The van der Waals surface area contributed by atoms with Crippen LogP contribution in [0.25, 0.3) is 0 Å². The van der Waals surface area contributed by atoms with E-state index in [0.717, 1.165) is 65.4 Å². The minimum absolute atomic E-state index is 0.0641. The Morgan fingerprint density at radius 2 is 1.72 bits per heavy atom. The number of rotatable bonds is 5. The van der Waals surface area contributed by atoms with E-state index in [9.17, 15) is 4.79 Å².